The van der Waals surface area contributed by atoms with Crippen LogP contribution in [-0.4, -0.2) is 53.5 Å². The smallest absolute Gasteiger partial charge is 0.260 e. The first-order chi connectivity index (χ1) is 14.6. The van der Waals surface area contributed by atoms with Gasteiger partial charge < -0.3 is 9.64 Å². The Labute approximate surface area is 183 Å². The van der Waals surface area contributed by atoms with Gasteiger partial charge in [0.25, 0.3) is 5.91 Å². The molecule has 0 bridgehead atoms. The summed E-state index contributed by atoms with van der Waals surface area (Å²) in [5.41, 5.74) is 2.01. The molecule has 2 heterocycles. The molecule has 0 spiro atoms. The van der Waals surface area contributed by atoms with Gasteiger partial charge in [-0.2, -0.15) is 0 Å². The van der Waals surface area contributed by atoms with Gasteiger partial charge in [0.1, 0.15) is 16.6 Å². The van der Waals surface area contributed by atoms with Gasteiger partial charge in [0.05, 0.1) is 12.2 Å². The number of ether oxygens (including phenoxy) is 1. The highest BCUT2D eigenvalue weighted by Crippen LogP contribution is 2.24. The third kappa shape index (κ3) is 5.36. The zero-order chi connectivity index (χ0) is 20.9. The minimum absolute atomic E-state index is 0.0391. The van der Waals surface area contributed by atoms with E-state index < -0.39 is 0 Å². The van der Waals surface area contributed by atoms with Gasteiger partial charge in [-0.05, 0) is 36.4 Å². The number of rotatable bonds is 6. The fourth-order valence-electron chi connectivity index (χ4n) is 3.25. The molecular weight excluding hydrogens is 425 g/mol. The molecule has 3 aromatic rings. The van der Waals surface area contributed by atoms with Crippen molar-refractivity contribution in [2.45, 2.75) is 6.54 Å². The van der Waals surface area contributed by atoms with E-state index in [2.05, 4.69) is 10.3 Å². The summed E-state index contributed by atoms with van der Waals surface area (Å²) < 4.78 is 18.4. The van der Waals surface area contributed by atoms with Crippen LogP contribution in [0.1, 0.15) is 5.01 Å². The number of hydrogen-bond donors (Lipinski definition) is 0. The van der Waals surface area contributed by atoms with Crippen molar-refractivity contribution in [3.05, 3.63) is 69.8 Å². The number of hydrogen-bond acceptors (Lipinski definition) is 5. The molecule has 0 N–H and O–H groups in total. The Balaban J connectivity index is 1.24. The lowest BCUT2D eigenvalue weighted by molar-refractivity contribution is -0.135. The van der Waals surface area contributed by atoms with Gasteiger partial charge >= 0.3 is 0 Å². The molecule has 1 amide bonds. The molecule has 1 aromatic heterocycles. The Morgan fingerprint density at radius 1 is 1.07 bits per heavy atom. The van der Waals surface area contributed by atoms with Crippen LogP contribution in [0.25, 0.3) is 11.3 Å². The summed E-state index contributed by atoms with van der Waals surface area (Å²) in [4.78, 5) is 21.2. The Kier molecular flexibility index (Phi) is 6.62. The lowest BCUT2D eigenvalue weighted by Crippen LogP contribution is -2.49. The van der Waals surface area contributed by atoms with Crippen molar-refractivity contribution >= 4 is 28.8 Å². The minimum Gasteiger partial charge on any atom is -0.484 e. The minimum atomic E-state index is -0.328. The monoisotopic (exact) mass is 445 g/mol. The maximum atomic E-state index is 12.9. The maximum Gasteiger partial charge on any atom is 0.260 e. The molecule has 5 nitrogen and oxygen atoms in total. The number of aromatic nitrogens is 1. The summed E-state index contributed by atoms with van der Waals surface area (Å²) in [5, 5.41) is 3.83. The van der Waals surface area contributed by atoms with E-state index in [4.69, 9.17) is 21.3 Å². The quantitative estimate of drug-likeness (QED) is 0.566. The number of nitrogens with zero attached hydrogens (tertiary/aromatic N) is 3. The largest absolute Gasteiger partial charge is 0.484 e. The first kappa shape index (κ1) is 20.8. The summed E-state index contributed by atoms with van der Waals surface area (Å²) in [6.45, 7) is 3.62. The molecule has 156 valence electrons. The molecular formula is C22H21ClFN3O2S. The summed E-state index contributed by atoms with van der Waals surface area (Å²) in [7, 11) is 0. The molecule has 0 saturated carbocycles. The molecule has 1 fully saturated rings. The Morgan fingerprint density at radius 3 is 2.47 bits per heavy atom. The van der Waals surface area contributed by atoms with Crippen molar-refractivity contribution in [1.82, 2.24) is 14.8 Å². The van der Waals surface area contributed by atoms with Crippen LogP contribution < -0.4 is 4.74 Å². The lowest BCUT2D eigenvalue weighted by atomic mass is 10.2. The third-order valence-electron chi connectivity index (χ3n) is 4.95. The van der Waals surface area contributed by atoms with Gasteiger partial charge in [0, 0.05) is 42.1 Å². The molecule has 30 heavy (non-hydrogen) atoms. The van der Waals surface area contributed by atoms with Gasteiger partial charge in [-0.1, -0.05) is 23.7 Å². The zero-order valence-corrected chi connectivity index (χ0v) is 17.8. The molecule has 1 aliphatic rings. The molecule has 0 aliphatic carbocycles. The highest BCUT2D eigenvalue weighted by atomic mass is 35.5. The highest BCUT2D eigenvalue weighted by Gasteiger charge is 2.22. The number of amides is 1. The summed E-state index contributed by atoms with van der Waals surface area (Å²) >= 11 is 7.59. The molecule has 4 rings (SSSR count). The number of carbonyl (C=O) groups excluding carboxylic acids is 1. The summed E-state index contributed by atoms with van der Waals surface area (Å²) in [6.07, 6.45) is 0. The molecule has 0 unspecified atom stereocenters. The van der Waals surface area contributed by atoms with Crippen molar-refractivity contribution in [3.8, 4) is 17.0 Å². The fraction of sp³-hybridized carbons (Fsp3) is 0.273. The molecule has 0 atom stereocenters. The maximum absolute atomic E-state index is 12.9. The van der Waals surface area contributed by atoms with Gasteiger partial charge in [-0.25, -0.2) is 9.37 Å². The van der Waals surface area contributed by atoms with Crippen LogP contribution in [0.15, 0.2) is 53.9 Å². The average molecular weight is 446 g/mol. The normalized spacial score (nSPS) is 14.7. The lowest BCUT2D eigenvalue weighted by Gasteiger charge is -2.34. The third-order valence-corrected chi connectivity index (χ3v) is 6.04. The fourth-order valence-corrected chi connectivity index (χ4v) is 4.22. The second-order valence-corrected chi connectivity index (χ2v) is 8.41. The van der Waals surface area contributed by atoms with Crippen molar-refractivity contribution in [1.29, 1.82) is 0 Å². The van der Waals surface area contributed by atoms with E-state index in [0.29, 0.717) is 23.9 Å². The van der Waals surface area contributed by atoms with Gasteiger partial charge in [0.15, 0.2) is 6.61 Å². The summed E-state index contributed by atoms with van der Waals surface area (Å²) in [5.74, 6) is 0.104. The molecule has 2 aromatic carbocycles. The number of piperazine rings is 1. The van der Waals surface area contributed by atoms with E-state index in [1.54, 1.807) is 16.2 Å². The van der Waals surface area contributed by atoms with Crippen LogP contribution in [0.3, 0.4) is 0 Å². The van der Waals surface area contributed by atoms with Gasteiger partial charge in [0.2, 0.25) is 0 Å². The molecule has 1 saturated heterocycles. The van der Waals surface area contributed by atoms with Crippen LogP contribution in [-0.2, 0) is 11.3 Å². The zero-order valence-electron chi connectivity index (χ0n) is 16.3. The van der Waals surface area contributed by atoms with E-state index in [0.717, 1.165) is 35.9 Å². The van der Waals surface area contributed by atoms with Crippen LogP contribution in [0.5, 0.6) is 5.75 Å². The van der Waals surface area contributed by atoms with Crippen LogP contribution in [0.4, 0.5) is 4.39 Å². The molecule has 8 heteroatoms. The van der Waals surface area contributed by atoms with E-state index in [-0.39, 0.29) is 18.3 Å². The van der Waals surface area contributed by atoms with Crippen LogP contribution in [0.2, 0.25) is 5.02 Å². The first-order valence-electron chi connectivity index (χ1n) is 9.66. The molecule has 0 radical (unpaired) electrons. The standard InChI is InChI=1S/C22H21ClFN3O2S/c23-17-3-1-16(2-4-17)20-15-30-21(25-20)13-26-9-11-27(12-10-26)22(28)14-29-19-7-5-18(24)6-8-19/h1-8,15H,9-14H2. The number of carbonyl (C=O) groups is 1. The van der Waals surface area contributed by atoms with E-state index in [1.807, 2.05) is 24.3 Å². The van der Waals surface area contributed by atoms with Crippen molar-refractivity contribution in [2.75, 3.05) is 32.8 Å². The van der Waals surface area contributed by atoms with Crippen LogP contribution >= 0.6 is 22.9 Å². The van der Waals surface area contributed by atoms with E-state index in [9.17, 15) is 9.18 Å². The number of benzene rings is 2. The predicted molar refractivity (Wildman–Crippen MR) is 116 cm³/mol. The highest BCUT2D eigenvalue weighted by molar-refractivity contribution is 7.09. The van der Waals surface area contributed by atoms with Gasteiger partial charge in [-0.15, -0.1) is 11.3 Å². The predicted octanol–water partition coefficient (Wildman–Crippen LogP) is 4.33. The van der Waals surface area contributed by atoms with E-state index >= 15 is 0 Å². The molecule has 1 aliphatic heterocycles. The second kappa shape index (κ2) is 9.55. The average Bonchev–Trinajstić information content (AvgIpc) is 3.22. The first-order valence-corrected chi connectivity index (χ1v) is 10.9. The Hall–Kier alpha value is -2.48. The van der Waals surface area contributed by atoms with Crippen molar-refractivity contribution in [3.63, 3.8) is 0 Å². The SMILES string of the molecule is O=C(COc1ccc(F)cc1)N1CCN(Cc2nc(-c3ccc(Cl)cc3)cs2)CC1. The van der Waals surface area contributed by atoms with Crippen molar-refractivity contribution in [2.24, 2.45) is 0 Å². The Bertz CT molecular complexity index is 986. The van der Waals surface area contributed by atoms with Crippen LogP contribution in [0, 0.1) is 5.82 Å². The Morgan fingerprint density at radius 2 is 1.77 bits per heavy atom. The van der Waals surface area contributed by atoms with E-state index in [1.165, 1.54) is 24.3 Å². The number of halogens is 2. The second-order valence-electron chi connectivity index (χ2n) is 7.03. The van der Waals surface area contributed by atoms with Crippen molar-refractivity contribution < 1.29 is 13.9 Å². The number of thiazole rings is 1. The summed E-state index contributed by atoms with van der Waals surface area (Å²) in [6, 6.07) is 13.3. The van der Waals surface area contributed by atoms with Gasteiger partial charge in [-0.3, -0.25) is 9.69 Å². The topological polar surface area (TPSA) is 45.7 Å².